The summed E-state index contributed by atoms with van der Waals surface area (Å²) < 4.78 is 1.96. The van der Waals surface area contributed by atoms with Gasteiger partial charge in [0.25, 0.3) is 0 Å². The number of hydrogen-bond acceptors (Lipinski definition) is 3. The van der Waals surface area contributed by atoms with Gasteiger partial charge in [0.05, 0.1) is 11.4 Å². The maximum absolute atomic E-state index is 6.22. The second kappa shape index (κ2) is 5.70. The number of aryl methyl sites for hydroxylation is 1. The van der Waals surface area contributed by atoms with E-state index in [9.17, 15) is 0 Å². The molecule has 0 saturated heterocycles. The van der Waals surface area contributed by atoms with Crippen LogP contribution in [0.1, 0.15) is 44.6 Å². The standard InChI is InChI=1S/C14H19ClN4/c1-5-6-12-17-13(10(4)14(15)18-12)11-7-8-16-19(11)9(2)3/h7-9H,5-6H2,1-4H3. The van der Waals surface area contributed by atoms with Gasteiger partial charge >= 0.3 is 0 Å². The predicted molar refractivity (Wildman–Crippen MR) is 77.4 cm³/mol. The van der Waals surface area contributed by atoms with E-state index in [0.29, 0.717) is 5.15 Å². The van der Waals surface area contributed by atoms with Crippen LogP contribution in [0.25, 0.3) is 11.4 Å². The number of rotatable bonds is 4. The molecule has 5 heteroatoms. The van der Waals surface area contributed by atoms with E-state index in [0.717, 1.165) is 35.6 Å². The number of hydrogen-bond donors (Lipinski definition) is 0. The van der Waals surface area contributed by atoms with Crippen molar-refractivity contribution in [3.05, 3.63) is 28.8 Å². The molecule has 2 aromatic heterocycles. The molecule has 0 unspecified atom stereocenters. The van der Waals surface area contributed by atoms with Crippen molar-refractivity contribution < 1.29 is 0 Å². The van der Waals surface area contributed by atoms with Crippen LogP contribution in [0.5, 0.6) is 0 Å². The third kappa shape index (κ3) is 2.78. The molecule has 0 saturated carbocycles. The minimum Gasteiger partial charge on any atom is -0.261 e. The normalized spacial score (nSPS) is 11.3. The quantitative estimate of drug-likeness (QED) is 0.798. The Labute approximate surface area is 118 Å². The molecule has 2 heterocycles. The Kier molecular flexibility index (Phi) is 4.20. The van der Waals surface area contributed by atoms with Gasteiger partial charge in [0.15, 0.2) is 0 Å². The maximum atomic E-state index is 6.22. The van der Waals surface area contributed by atoms with Gasteiger partial charge in [-0.05, 0) is 33.3 Å². The van der Waals surface area contributed by atoms with E-state index in [1.165, 1.54) is 0 Å². The van der Waals surface area contributed by atoms with Gasteiger partial charge in [-0.2, -0.15) is 5.10 Å². The minimum absolute atomic E-state index is 0.285. The van der Waals surface area contributed by atoms with Crippen LogP contribution in [0, 0.1) is 6.92 Å². The summed E-state index contributed by atoms with van der Waals surface area (Å²) in [4.78, 5) is 8.98. The highest BCUT2D eigenvalue weighted by Crippen LogP contribution is 2.27. The first-order chi connectivity index (χ1) is 9.04. The third-order valence-corrected chi connectivity index (χ3v) is 3.38. The molecule has 0 amide bonds. The van der Waals surface area contributed by atoms with Crippen LogP contribution in [0.2, 0.25) is 5.15 Å². The molecule has 0 bridgehead atoms. The molecule has 2 rings (SSSR count). The second-order valence-electron chi connectivity index (χ2n) is 4.91. The first-order valence-electron chi connectivity index (χ1n) is 6.61. The lowest BCUT2D eigenvalue weighted by atomic mass is 10.1. The number of halogens is 1. The Balaban J connectivity index is 2.57. The first-order valence-corrected chi connectivity index (χ1v) is 6.99. The molecule has 4 nitrogen and oxygen atoms in total. The Morgan fingerprint density at radius 1 is 1.32 bits per heavy atom. The summed E-state index contributed by atoms with van der Waals surface area (Å²) >= 11 is 6.22. The van der Waals surface area contributed by atoms with E-state index < -0.39 is 0 Å². The van der Waals surface area contributed by atoms with Crippen LogP contribution < -0.4 is 0 Å². The van der Waals surface area contributed by atoms with Crippen molar-refractivity contribution in [1.29, 1.82) is 0 Å². The van der Waals surface area contributed by atoms with E-state index in [-0.39, 0.29) is 6.04 Å². The summed E-state index contributed by atoms with van der Waals surface area (Å²) in [6.07, 6.45) is 3.63. The maximum Gasteiger partial charge on any atom is 0.136 e. The van der Waals surface area contributed by atoms with Gasteiger partial charge in [-0.1, -0.05) is 18.5 Å². The van der Waals surface area contributed by atoms with Gasteiger partial charge in [-0.25, -0.2) is 9.97 Å². The SMILES string of the molecule is CCCc1nc(Cl)c(C)c(-c2ccnn2C(C)C)n1. The fourth-order valence-electron chi connectivity index (χ4n) is 2.03. The summed E-state index contributed by atoms with van der Waals surface area (Å²) in [7, 11) is 0. The fourth-order valence-corrected chi connectivity index (χ4v) is 2.22. The van der Waals surface area contributed by atoms with Crippen molar-refractivity contribution >= 4 is 11.6 Å². The summed E-state index contributed by atoms with van der Waals surface area (Å²) in [6, 6.07) is 2.26. The summed E-state index contributed by atoms with van der Waals surface area (Å²) in [5.74, 6) is 0.796. The van der Waals surface area contributed by atoms with Gasteiger partial charge in [-0.15, -0.1) is 0 Å². The molecule has 0 radical (unpaired) electrons. The molecule has 0 fully saturated rings. The predicted octanol–water partition coefficient (Wildman–Crippen LogP) is 3.84. The Hall–Kier alpha value is -1.42. The zero-order valence-corrected chi connectivity index (χ0v) is 12.6. The lowest BCUT2D eigenvalue weighted by Crippen LogP contribution is -2.08. The van der Waals surface area contributed by atoms with Crippen LogP contribution in [0.15, 0.2) is 12.3 Å². The number of nitrogens with zero attached hydrogens (tertiary/aromatic N) is 4. The topological polar surface area (TPSA) is 43.6 Å². The molecule has 2 aromatic rings. The van der Waals surface area contributed by atoms with Gasteiger partial charge in [0.2, 0.25) is 0 Å². The largest absolute Gasteiger partial charge is 0.261 e. The van der Waals surface area contributed by atoms with Crippen LogP contribution in [-0.2, 0) is 6.42 Å². The van der Waals surface area contributed by atoms with Gasteiger partial charge in [0, 0.05) is 24.2 Å². The van der Waals surface area contributed by atoms with Gasteiger partial charge < -0.3 is 0 Å². The van der Waals surface area contributed by atoms with Crippen molar-refractivity contribution in [3.63, 3.8) is 0 Å². The van der Waals surface area contributed by atoms with Crippen LogP contribution in [0.3, 0.4) is 0 Å². The molecule has 19 heavy (non-hydrogen) atoms. The Bertz CT molecular complexity index is 575. The summed E-state index contributed by atoms with van der Waals surface area (Å²) in [5, 5.41) is 4.88. The van der Waals surface area contributed by atoms with Gasteiger partial charge in [0.1, 0.15) is 11.0 Å². The highest BCUT2D eigenvalue weighted by Gasteiger charge is 2.16. The second-order valence-corrected chi connectivity index (χ2v) is 5.27. The smallest absolute Gasteiger partial charge is 0.136 e. The van der Waals surface area contributed by atoms with Crippen molar-refractivity contribution in [3.8, 4) is 11.4 Å². The summed E-state index contributed by atoms with van der Waals surface area (Å²) in [5.41, 5.74) is 2.78. The molecule has 0 atom stereocenters. The minimum atomic E-state index is 0.285. The Morgan fingerprint density at radius 3 is 2.68 bits per heavy atom. The van der Waals surface area contributed by atoms with E-state index in [4.69, 9.17) is 11.6 Å². The molecule has 0 aromatic carbocycles. The van der Waals surface area contributed by atoms with Crippen LogP contribution in [0.4, 0.5) is 0 Å². The zero-order chi connectivity index (χ0) is 14.0. The monoisotopic (exact) mass is 278 g/mol. The fraction of sp³-hybridized carbons (Fsp3) is 0.500. The molecule has 0 spiro atoms. The summed E-state index contributed by atoms with van der Waals surface area (Å²) in [6.45, 7) is 8.25. The van der Waals surface area contributed by atoms with Crippen LogP contribution in [-0.4, -0.2) is 19.7 Å². The zero-order valence-electron chi connectivity index (χ0n) is 11.8. The average molecular weight is 279 g/mol. The molecule has 0 aliphatic rings. The van der Waals surface area contributed by atoms with E-state index in [2.05, 4.69) is 35.8 Å². The van der Waals surface area contributed by atoms with E-state index >= 15 is 0 Å². The molecular formula is C14H19ClN4. The van der Waals surface area contributed by atoms with Crippen LogP contribution >= 0.6 is 11.6 Å². The number of aromatic nitrogens is 4. The highest BCUT2D eigenvalue weighted by molar-refractivity contribution is 6.30. The molecule has 0 N–H and O–H groups in total. The van der Waals surface area contributed by atoms with E-state index in [1.54, 1.807) is 6.20 Å². The van der Waals surface area contributed by atoms with Crippen molar-refractivity contribution in [2.45, 2.75) is 46.6 Å². The lowest BCUT2D eigenvalue weighted by molar-refractivity contribution is 0.537. The van der Waals surface area contributed by atoms with Crippen molar-refractivity contribution in [1.82, 2.24) is 19.7 Å². The van der Waals surface area contributed by atoms with E-state index in [1.807, 2.05) is 17.7 Å². The molecular weight excluding hydrogens is 260 g/mol. The lowest BCUT2D eigenvalue weighted by Gasteiger charge is -2.13. The first kappa shape index (κ1) is 14.0. The third-order valence-electron chi connectivity index (χ3n) is 3.01. The highest BCUT2D eigenvalue weighted by atomic mass is 35.5. The molecule has 0 aliphatic carbocycles. The average Bonchev–Trinajstić information content (AvgIpc) is 2.83. The Morgan fingerprint density at radius 2 is 2.05 bits per heavy atom. The molecule has 102 valence electrons. The van der Waals surface area contributed by atoms with Crippen molar-refractivity contribution in [2.75, 3.05) is 0 Å². The molecule has 0 aliphatic heterocycles. The van der Waals surface area contributed by atoms with Crippen molar-refractivity contribution in [2.24, 2.45) is 0 Å². The van der Waals surface area contributed by atoms with Gasteiger partial charge in [-0.3, -0.25) is 4.68 Å².